The first-order valence-electron chi connectivity index (χ1n) is 8.46. The van der Waals surface area contributed by atoms with Crippen molar-refractivity contribution >= 4 is 40.0 Å². The van der Waals surface area contributed by atoms with E-state index in [4.69, 9.17) is 16.7 Å². The molecule has 3 aromatic rings. The third-order valence-corrected chi connectivity index (χ3v) is 3.97. The van der Waals surface area contributed by atoms with Crippen LogP contribution in [0, 0.1) is 0 Å². The summed E-state index contributed by atoms with van der Waals surface area (Å²) in [4.78, 5) is 12.8. The van der Waals surface area contributed by atoms with E-state index < -0.39 is 0 Å². The molecule has 3 rings (SSSR count). The van der Waals surface area contributed by atoms with E-state index in [-0.39, 0.29) is 6.61 Å². The second-order valence-corrected chi connectivity index (χ2v) is 6.08. The number of hydrogen-bond donors (Lipinski definition) is 4. The topological polar surface area (TPSA) is 95.0 Å². The van der Waals surface area contributed by atoms with Crippen LogP contribution < -0.4 is 16.0 Å². The van der Waals surface area contributed by atoms with Crippen molar-refractivity contribution in [3.63, 3.8) is 0 Å². The lowest BCUT2D eigenvalue weighted by atomic mass is 10.2. The van der Waals surface area contributed by atoms with Gasteiger partial charge in [0.25, 0.3) is 0 Å². The second-order valence-electron chi connectivity index (χ2n) is 5.64. The van der Waals surface area contributed by atoms with Gasteiger partial charge in [0.05, 0.1) is 12.1 Å². The van der Waals surface area contributed by atoms with Gasteiger partial charge in [-0.3, -0.25) is 4.98 Å². The average molecular weight is 373 g/mol. The quantitative estimate of drug-likeness (QED) is 0.429. The molecular formula is C18H21ClN6O. The first kappa shape index (κ1) is 18.2. The molecule has 0 saturated carbocycles. The highest BCUT2D eigenvalue weighted by molar-refractivity contribution is 6.31. The molecular weight excluding hydrogens is 352 g/mol. The zero-order chi connectivity index (χ0) is 18.2. The fourth-order valence-corrected chi connectivity index (χ4v) is 2.68. The second kappa shape index (κ2) is 9.17. The van der Waals surface area contributed by atoms with Crippen molar-refractivity contribution in [2.45, 2.75) is 6.42 Å². The minimum Gasteiger partial charge on any atom is -0.395 e. The van der Waals surface area contributed by atoms with Crippen LogP contribution in [0.15, 0.2) is 42.7 Å². The number of fused-ring (bicyclic) bond motifs is 1. The van der Waals surface area contributed by atoms with Gasteiger partial charge in [-0.25, -0.2) is 4.98 Å². The summed E-state index contributed by atoms with van der Waals surface area (Å²) in [5.41, 5.74) is 1.92. The van der Waals surface area contributed by atoms with Gasteiger partial charge in [0.15, 0.2) is 0 Å². The molecule has 1 aromatic carbocycles. The third-order valence-electron chi connectivity index (χ3n) is 3.73. The zero-order valence-corrected chi connectivity index (χ0v) is 15.0. The summed E-state index contributed by atoms with van der Waals surface area (Å²) in [6.07, 6.45) is 4.38. The first-order chi connectivity index (χ1) is 12.8. The van der Waals surface area contributed by atoms with Crippen molar-refractivity contribution < 1.29 is 5.11 Å². The van der Waals surface area contributed by atoms with E-state index in [0.717, 1.165) is 41.9 Å². The molecule has 2 heterocycles. The predicted molar refractivity (Wildman–Crippen MR) is 106 cm³/mol. The number of anilines is 3. The number of rotatable bonds is 9. The molecule has 136 valence electrons. The molecule has 2 aromatic heterocycles. The van der Waals surface area contributed by atoms with Gasteiger partial charge in [0.2, 0.25) is 5.95 Å². The molecule has 0 unspecified atom stereocenters. The van der Waals surface area contributed by atoms with E-state index in [9.17, 15) is 0 Å². The van der Waals surface area contributed by atoms with E-state index in [2.05, 4.69) is 30.9 Å². The van der Waals surface area contributed by atoms with Crippen molar-refractivity contribution in [1.29, 1.82) is 0 Å². The lowest BCUT2D eigenvalue weighted by Crippen LogP contribution is -2.12. The maximum atomic E-state index is 8.82. The first-order valence-corrected chi connectivity index (χ1v) is 8.84. The summed E-state index contributed by atoms with van der Waals surface area (Å²) in [5, 5.41) is 20.2. The van der Waals surface area contributed by atoms with Gasteiger partial charge in [0, 0.05) is 48.1 Å². The number of aliphatic hydroxyl groups is 1. The van der Waals surface area contributed by atoms with Gasteiger partial charge in [-0.05, 0) is 36.8 Å². The maximum Gasteiger partial charge on any atom is 0.224 e. The molecule has 0 aliphatic rings. The van der Waals surface area contributed by atoms with Gasteiger partial charge in [-0.1, -0.05) is 11.6 Å². The smallest absolute Gasteiger partial charge is 0.224 e. The SMILES string of the molecule is OCCNc1nccc(NCCCNc2ccnc3cc(Cl)ccc23)n1. The Morgan fingerprint density at radius 1 is 0.923 bits per heavy atom. The van der Waals surface area contributed by atoms with E-state index >= 15 is 0 Å². The normalized spacial score (nSPS) is 10.7. The summed E-state index contributed by atoms with van der Waals surface area (Å²) >= 11 is 6.02. The van der Waals surface area contributed by atoms with Crippen molar-refractivity contribution in [3.8, 4) is 0 Å². The van der Waals surface area contributed by atoms with Gasteiger partial charge < -0.3 is 21.1 Å². The van der Waals surface area contributed by atoms with Crippen LogP contribution in [0.4, 0.5) is 17.5 Å². The van der Waals surface area contributed by atoms with E-state index in [1.807, 2.05) is 30.3 Å². The number of benzene rings is 1. The molecule has 0 aliphatic heterocycles. The Morgan fingerprint density at radius 2 is 1.77 bits per heavy atom. The highest BCUT2D eigenvalue weighted by Crippen LogP contribution is 2.24. The number of pyridine rings is 1. The van der Waals surface area contributed by atoms with Crippen molar-refractivity contribution in [2.24, 2.45) is 0 Å². The highest BCUT2D eigenvalue weighted by atomic mass is 35.5. The van der Waals surface area contributed by atoms with E-state index in [0.29, 0.717) is 17.5 Å². The van der Waals surface area contributed by atoms with Gasteiger partial charge >= 0.3 is 0 Å². The molecule has 0 spiro atoms. The van der Waals surface area contributed by atoms with Crippen LogP contribution in [0.1, 0.15) is 6.42 Å². The minimum absolute atomic E-state index is 0.0442. The van der Waals surface area contributed by atoms with Gasteiger partial charge in [-0.15, -0.1) is 0 Å². The Bertz CT molecular complexity index is 860. The summed E-state index contributed by atoms with van der Waals surface area (Å²) in [5.74, 6) is 1.26. The summed E-state index contributed by atoms with van der Waals surface area (Å²) < 4.78 is 0. The fraction of sp³-hybridized carbons (Fsp3) is 0.278. The Balaban J connectivity index is 1.48. The Morgan fingerprint density at radius 3 is 2.65 bits per heavy atom. The molecule has 0 fully saturated rings. The summed E-state index contributed by atoms with van der Waals surface area (Å²) in [7, 11) is 0. The van der Waals surface area contributed by atoms with E-state index in [1.165, 1.54) is 0 Å². The van der Waals surface area contributed by atoms with Crippen LogP contribution >= 0.6 is 11.6 Å². The Kier molecular flexibility index (Phi) is 6.40. The summed E-state index contributed by atoms with van der Waals surface area (Å²) in [6, 6.07) is 9.49. The maximum absolute atomic E-state index is 8.82. The molecule has 7 nitrogen and oxygen atoms in total. The minimum atomic E-state index is 0.0442. The number of aromatic nitrogens is 3. The van der Waals surface area contributed by atoms with Crippen molar-refractivity contribution in [3.05, 3.63) is 47.7 Å². The largest absolute Gasteiger partial charge is 0.395 e. The number of nitrogens with zero attached hydrogens (tertiary/aromatic N) is 3. The zero-order valence-electron chi connectivity index (χ0n) is 14.2. The van der Waals surface area contributed by atoms with Crippen LogP contribution in [0.2, 0.25) is 5.02 Å². The van der Waals surface area contributed by atoms with Crippen LogP contribution in [0.25, 0.3) is 10.9 Å². The number of hydrogen-bond acceptors (Lipinski definition) is 7. The molecule has 0 atom stereocenters. The van der Waals surface area contributed by atoms with Crippen molar-refractivity contribution in [2.75, 3.05) is 42.2 Å². The average Bonchev–Trinajstić information content (AvgIpc) is 2.66. The molecule has 4 N–H and O–H groups in total. The van der Waals surface area contributed by atoms with Crippen LogP contribution in [-0.4, -0.2) is 46.3 Å². The molecule has 0 saturated heterocycles. The Hall–Kier alpha value is -2.64. The highest BCUT2D eigenvalue weighted by Gasteiger charge is 2.02. The third kappa shape index (κ3) is 4.93. The molecule has 0 aliphatic carbocycles. The molecule has 8 heteroatoms. The molecule has 0 bridgehead atoms. The van der Waals surface area contributed by atoms with Gasteiger partial charge in [0.1, 0.15) is 5.82 Å². The van der Waals surface area contributed by atoms with E-state index in [1.54, 1.807) is 12.4 Å². The molecule has 0 radical (unpaired) electrons. The predicted octanol–water partition coefficient (Wildman–Crippen LogP) is 3.00. The monoisotopic (exact) mass is 372 g/mol. The summed E-state index contributed by atoms with van der Waals surface area (Å²) in [6.45, 7) is 2.06. The lowest BCUT2D eigenvalue weighted by molar-refractivity contribution is 0.311. The fourth-order valence-electron chi connectivity index (χ4n) is 2.51. The number of nitrogens with one attached hydrogen (secondary N) is 3. The Labute approximate surface area is 156 Å². The lowest BCUT2D eigenvalue weighted by Gasteiger charge is -2.11. The van der Waals surface area contributed by atoms with Crippen LogP contribution in [-0.2, 0) is 0 Å². The van der Waals surface area contributed by atoms with Gasteiger partial charge in [-0.2, -0.15) is 4.98 Å². The number of halogens is 1. The number of aliphatic hydroxyl groups excluding tert-OH is 1. The molecule has 0 amide bonds. The van der Waals surface area contributed by atoms with Crippen molar-refractivity contribution in [1.82, 2.24) is 15.0 Å². The molecule has 26 heavy (non-hydrogen) atoms. The standard InChI is InChI=1S/C18H21ClN6O/c19-13-2-3-14-15(4-8-21-16(14)12-13)20-6-1-7-22-17-5-9-23-18(25-17)24-10-11-26/h2-5,8-9,12,26H,1,6-7,10-11H2,(H,20,21)(H2,22,23,24,25). The van der Waals surface area contributed by atoms with Crippen LogP contribution in [0.3, 0.4) is 0 Å². The van der Waals surface area contributed by atoms with Crippen LogP contribution in [0.5, 0.6) is 0 Å².